The van der Waals surface area contributed by atoms with E-state index in [2.05, 4.69) is 30.5 Å². The second kappa shape index (κ2) is 3.67. The highest BCUT2D eigenvalue weighted by Crippen LogP contribution is 2.12. The Balaban J connectivity index is 1.97. The summed E-state index contributed by atoms with van der Waals surface area (Å²) < 4.78 is 1.68. The van der Waals surface area contributed by atoms with E-state index in [1.165, 1.54) is 0 Å². The van der Waals surface area contributed by atoms with Crippen LogP contribution >= 0.6 is 0 Å². The van der Waals surface area contributed by atoms with Gasteiger partial charge in [-0.05, 0) is 0 Å². The van der Waals surface area contributed by atoms with Crippen molar-refractivity contribution in [1.29, 1.82) is 0 Å². The Kier molecular flexibility index (Phi) is 2.17. The van der Waals surface area contributed by atoms with Gasteiger partial charge in [-0.2, -0.15) is 4.98 Å². The van der Waals surface area contributed by atoms with Gasteiger partial charge >= 0.3 is 0 Å². The summed E-state index contributed by atoms with van der Waals surface area (Å²) in [7, 11) is 1.84. The maximum Gasteiger partial charge on any atom is 0.227 e. The molecule has 0 atom stereocenters. The minimum atomic E-state index is 0.658. The molecular weight excluding hydrogens is 206 g/mol. The van der Waals surface area contributed by atoms with Crippen molar-refractivity contribution < 1.29 is 0 Å². The molecule has 0 amide bonds. The molecule has 2 aromatic rings. The Morgan fingerprint density at radius 2 is 2.12 bits per heavy atom. The van der Waals surface area contributed by atoms with Crippen molar-refractivity contribution in [2.75, 3.05) is 31.1 Å². The first-order valence-corrected chi connectivity index (χ1v) is 5.33. The Morgan fingerprint density at radius 1 is 1.31 bits per heavy atom. The summed E-state index contributed by atoms with van der Waals surface area (Å²) in [5.41, 5.74) is 1.52. The lowest BCUT2D eigenvalue weighted by Crippen LogP contribution is -2.44. The van der Waals surface area contributed by atoms with Gasteiger partial charge in [-0.3, -0.25) is 0 Å². The fourth-order valence-electron chi connectivity index (χ4n) is 1.83. The number of hydrogen-bond acceptors (Lipinski definition) is 6. The first kappa shape index (κ1) is 9.46. The predicted octanol–water partition coefficient (Wildman–Crippen LogP) is -0.832. The van der Waals surface area contributed by atoms with Gasteiger partial charge in [-0.25, -0.2) is 9.67 Å². The third-order valence-corrected chi connectivity index (χ3v) is 2.76. The molecule has 1 saturated heterocycles. The van der Waals surface area contributed by atoms with Crippen molar-refractivity contribution in [3.8, 4) is 0 Å². The molecule has 0 aromatic carbocycles. The molecule has 3 heterocycles. The molecule has 0 unspecified atom stereocenters. The van der Waals surface area contributed by atoms with Crippen LogP contribution in [-0.2, 0) is 7.05 Å². The van der Waals surface area contributed by atoms with E-state index in [0.717, 1.165) is 37.6 Å². The lowest BCUT2D eigenvalue weighted by atomic mass is 10.4. The van der Waals surface area contributed by atoms with Crippen LogP contribution in [0.1, 0.15) is 0 Å². The Bertz CT molecular complexity index is 500. The van der Waals surface area contributed by atoms with Gasteiger partial charge in [0, 0.05) is 33.2 Å². The molecule has 0 saturated carbocycles. The van der Waals surface area contributed by atoms with Crippen LogP contribution in [-0.4, -0.2) is 51.1 Å². The number of rotatable bonds is 1. The van der Waals surface area contributed by atoms with Crippen LogP contribution in [0.5, 0.6) is 0 Å². The van der Waals surface area contributed by atoms with Crippen molar-refractivity contribution in [3.63, 3.8) is 0 Å². The first-order valence-electron chi connectivity index (χ1n) is 5.33. The highest BCUT2D eigenvalue weighted by atomic mass is 15.4. The maximum absolute atomic E-state index is 4.41. The van der Waals surface area contributed by atoms with Gasteiger partial charge < -0.3 is 10.2 Å². The van der Waals surface area contributed by atoms with Gasteiger partial charge in [0.2, 0.25) is 11.6 Å². The van der Waals surface area contributed by atoms with Crippen LogP contribution in [0.15, 0.2) is 6.20 Å². The van der Waals surface area contributed by atoms with Crippen LogP contribution in [0.4, 0.5) is 5.95 Å². The van der Waals surface area contributed by atoms with E-state index in [4.69, 9.17) is 0 Å². The van der Waals surface area contributed by atoms with Crippen LogP contribution in [0.2, 0.25) is 0 Å². The van der Waals surface area contributed by atoms with E-state index in [1.807, 2.05) is 7.05 Å². The lowest BCUT2D eigenvalue weighted by molar-refractivity contribution is 0.580. The third kappa shape index (κ3) is 1.49. The smallest absolute Gasteiger partial charge is 0.227 e. The van der Waals surface area contributed by atoms with E-state index in [1.54, 1.807) is 10.9 Å². The van der Waals surface area contributed by atoms with Crippen molar-refractivity contribution in [1.82, 2.24) is 30.3 Å². The van der Waals surface area contributed by atoms with Gasteiger partial charge in [-0.15, -0.1) is 5.10 Å². The molecule has 1 N–H and O–H groups in total. The van der Waals surface area contributed by atoms with Gasteiger partial charge in [0.25, 0.3) is 0 Å². The number of nitrogens with one attached hydrogen (secondary N) is 1. The fraction of sp³-hybridized carbons (Fsp3) is 0.556. The van der Waals surface area contributed by atoms with Crippen molar-refractivity contribution in [3.05, 3.63) is 6.20 Å². The molecule has 2 aromatic heterocycles. The van der Waals surface area contributed by atoms with Crippen LogP contribution in [0, 0.1) is 0 Å². The van der Waals surface area contributed by atoms with Crippen LogP contribution < -0.4 is 10.2 Å². The molecule has 0 radical (unpaired) electrons. The number of aromatic nitrogens is 5. The molecule has 3 rings (SSSR count). The maximum atomic E-state index is 4.41. The van der Waals surface area contributed by atoms with Crippen LogP contribution in [0.3, 0.4) is 0 Å². The highest BCUT2D eigenvalue weighted by Gasteiger charge is 2.14. The number of nitrogens with zero attached hydrogens (tertiary/aromatic N) is 6. The zero-order valence-electron chi connectivity index (χ0n) is 9.09. The summed E-state index contributed by atoms with van der Waals surface area (Å²) in [5.74, 6) is 0.745. The molecule has 1 aliphatic heterocycles. The summed E-state index contributed by atoms with van der Waals surface area (Å²) in [4.78, 5) is 10.9. The lowest BCUT2D eigenvalue weighted by Gasteiger charge is -2.26. The molecule has 7 heteroatoms. The quantitative estimate of drug-likeness (QED) is 0.675. The molecule has 7 nitrogen and oxygen atoms in total. The second-order valence-corrected chi connectivity index (χ2v) is 3.83. The van der Waals surface area contributed by atoms with E-state index in [9.17, 15) is 0 Å². The van der Waals surface area contributed by atoms with Gasteiger partial charge in [-0.1, -0.05) is 5.21 Å². The SMILES string of the molecule is Cn1nnc2nc(N3CCNCC3)ncc21. The summed E-state index contributed by atoms with van der Waals surface area (Å²) in [6.45, 7) is 3.82. The summed E-state index contributed by atoms with van der Waals surface area (Å²) in [6, 6.07) is 0. The summed E-state index contributed by atoms with van der Waals surface area (Å²) in [5, 5.41) is 11.2. The van der Waals surface area contributed by atoms with E-state index >= 15 is 0 Å². The molecule has 84 valence electrons. The topological polar surface area (TPSA) is 71.8 Å². The van der Waals surface area contributed by atoms with Crippen molar-refractivity contribution >= 4 is 17.1 Å². The zero-order valence-corrected chi connectivity index (χ0v) is 9.09. The zero-order chi connectivity index (χ0) is 11.0. The third-order valence-electron chi connectivity index (χ3n) is 2.76. The molecule has 0 spiro atoms. The average molecular weight is 219 g/mol. The van der Waals surface area contributed by atoms with Gasteiger partial charge in [0.1, 0.15) is 5.52 Å². The van der Waals surface area contributed by atoms with Crippen molar-refractivity contribution in [2.24, 2.45) is 7.05 Å². The minimum absolute atomic E-state index is 0.658. The largest absolute Gasteiger partial charge is 0.338 e. The number of hydrogen-bond donors (Lipinski definition) is 1. The predicted molar refractivity (Wildman–Crippen MR) is 59.2 cm³/mol. The van der Waals surface area contributed by atoms with Gasteiger partial charge in [0.15, 0.2) is 0 Å². The highest BCUT2D eigenvalue weighted by molar-refractivity contribution is 5.69. The van der Waals surface area contributed by atoms with E-state index in [-0.39, 0.29) is 0 Å². The van der Waals surface area contributed by atoms with Gasteiger partial charge in [0.05, 0.1) is 6.20 Å². The Labute approximate surface area is 92.5 Å². The standard InChI is InChI=1S/C9H13N7/c1-15-7-6-11-9(12-8(7)13-14-15)16-4-2-10-3-5-16/h6,10H,2-5H2,1H3. The number of anilines is 1. The summed E-state index contributed by atoms with van der Waals surface area (Å²) in [6.07, 6.45) is 1.78. The number of aryl methyl sites for hydroxylation is 1. The average Bonchev–Trinajstić information content (AvgIpc) is 2.72. The number of fused-ring (bicyclic) bond motifs is 1. The minimum Gasteiger partial charge on any atom is -0.338 e. The molecule has 1 aliphatic rings. The Morgan fingerprint density at radius 3 is 2.94 bits per heavy atom. The molecule has 0 bridgehead atoms. The first-order chi connectivity index (χ1) is 7.84. The molecular formula is C9H13N7. The normalized spacial score (nSPS) is 16.9. The monoisotopic (exact) mass is 219 g/mol. The number of piperazine rings is 1. The van der Waals surface area contributed by atoms with Crippen molar-refractivity contribution in [2.45, 2.75) is 0 Å². The fourth-order valence-corrected chi connectivity index (χ4v) is 1.83. The van der Waals surface area contributed by atoms with E-state index in [0.29, 0.717) is 5.65 Å². The Hall–Kier alpha value is -1.76. The molecule has 1 fully saturated rings. The molecule has 0 aliphatic carbocycles. The summed E-state index contributed by atoms with van der Waals surface area (Å²) >= 11 is 0. The molecule has 16 heavy (non-hydrogen) atoms. The van der Waals surface area contributed by atoms with E-state index < -0.39 is 0 Å². The second-order valence-electron chi connectivity index (χ2n) is 3.83. The van der Waals surface area contributed by atoms with Crippen LogP contribution in [0.25, 0.3) is 11.2 Å².